The summed E-state index contributed by atoms with van der Waals surface area (Å²) in [4.78, 5) is 11.9. The van der Waals surface area contributed by atoms with E-state index in [2.05, 4.69) is 41.9 Å². The van der Waals surface area contributed by atoms with Crippen LogP contribution in [0.5, 0.6) is 0 Å². The van der Waals surface area contributed by atoms with E-state index in [1.807, 2.05) is 0 Å². The van der Waals surface area contributed by atoms with Gasteiger partial charge in [-0.3, -0.25) is 4.79 Å². The summed E-state index contributed by atoms with van der Waals surface area (Å²) in [7, 11) is -3.69. The lowest BCUT2D eigenvalue weighted by atomic mass is 10.3. The van der Waals surface area contributed by atoms with Crippen LogP contribution in [0, 0.1) is 5.82 Å². The smallest absolute Gasteiger partial charge is 0.240 e. The second-order valence-electron chi connectivity index (χ2n) is 4.77. The molecule has 0 aliphatic carbocycles. The Labute approximate surface area is 156 Å². The Kier molecular flexibility index (Phi) is 6.50. The van der Waals surface area contributed by atoms with E-state index < -0.39 is 21.7 Å². The van der Waals surface area contributed by atoms with Gasteiger partial charge < -0.3 is 5.32 Å². The third-order valence-electron chi connectivity index (χ3n) is 2.97. The molecular weight excluding hydrogens is 467 g/mol. The van der Waals surface area contributed by atoms with E-state index in [0.717, 1.165) is 4.47 Å². The van der Waals surface area contributed by atoms with Crippen molar-refractivity contribution < 1.29 is 17.6 Å². The van der Waals surface area contributed by atoms with Gasteiger partial charge in [0.2, 0.25) is 15.9 Å². The van der Waals surface area contributed by atoms with Gasteiger partial charge in [-0.25, -0.2) is 17.5 Å². The molecule has 2 rings (SSSR count). The van der Waals surface area contributed by atoms with E-state index in [1.54, 1.807) is 18.2 Å². The van der Waals surface area contributed by atoms with Crippen molar-refractivity contribution in [2.24, 2.45) is 0 Å². The van der Waals surface area contributed by atoms with Crippen molar-refractivity contribution >= 4 is 53.5 Å². The fraction of sp³-hybridized carbons (Fsp3) is 0.133. The van der Waals surface area contributed by atoms with Crippen LogP contribution in [0.25, 0.3) is 0 Å². The molecule has 24 heavy (non-hydrogen) atoms. The molecule has 2 aromatic carbocycles. The molecule has 0 aliphatic heterocycles. The molecule has 0 bridgehead atoms. The maximum atomic E-state index is 13.6. The first-order chi connectivity index (χ1) is 11.3. The lowest BCUT2D eigenvalue weighted by Gasteiger charge is -2.08. The summed E-state index contributed by atoms with van der Waals surface area (Å²) in [5.41, 5.74) is 0.0407. The number of benzene rings is 2. The first-order valence-electron chi connectivity index (χ1n) is 6.78. The molecule has 1 amide bonds. The highest BCUT2D eigenvalue weighted by Crippen LogP contribution is 2.19. The average Bonchev–Trinajstić information content (AvgIpc) is 2.50. The van der Waals surface area contributed by atoms with Gasteiger partial charge in [0.15, 0.2) is 0 Å². The molecule has 128 valence electrons. The molecule has 0 spiro atoms. The number of hydrogen-bond donors (Lipinski definition) is 2. The normalized spacial score (nSPS) is 11.3. The molecule has 0 aliphatic rings. The largest absolute Gasteiger partial charge is 0.324 e. The average molecular weight is 480 g/mol. The summed E-state index contributed by atoms with van der Waals surface area (Å²) in [6.07, 6.45) is -0.120. The minimum Gasteiger partial charge on any atom is -0.324 e. The highest BCUT2D eigenvalue weighted by Gasteiger charge is 2.14. The standard InChI is InChI=1S/C15H13Br2FN2O3S/c16-10-1-4-12(5-2-10)24(22,23)19-8-7-15(21)20-14-6-3-11(17)9-13(14)18/h1-6,9,19H,7-8H2,(H,20,21). The first-order valence-corrected chi connectivity index (χ1v) is 9.85. The zero-order valence-corrected chi connectivity index (χ0v) is 16.2. The minimum absolute atomic E-state index is 0.0407. The van der Waals surface area contributed by atoms with Crippen molar-refractivity contribution in [3.05, 3.63) is 57.2 Å². The zero-order chi connectivity index (χ0) is 17.7. The Morgan fingerprint density at radius 2 is 1.67 bits per heavy atom. The predicted molar refractivity (Wildman–Crippen MR) is 96.7 cm³/mol. The first kappa shape index (κ1) is 19.0. The maximum Gasteiger partial charge on any atom is 0.240 e. The van der Waals surface area contributed by atoms with Crippen LogP contribution in [0.3, 0.4) is 0 Å². The number of nitrogens with one attached hydrogen (secondary N) is 2. The number of anilines is 1. The van der Waals surface area contributed by atoms with Crippen LogP contribution in [0.2, 0.25) is 0 Å². The fourth-order valence-electron chi connectivity index (χ4n) is 1.80. The molecule has 0 heterocycles. The van der Waals surface area contributed by atoms with E-state index in [-0.39, 0.29) is 23.5 Å². The molecule has 0 saturated heterocycles. The van der Waals surface area contributed by atoms with Gasteiger partial charge in [0, 0.05) is 21.9 Å². The number of carbonyl (C=O) groups excluding carboxylic acids is 1. The van der Waals surface area contributed by atoms with E-state index in [9.17, 15) is 17.6 Å². The van der Waals surface area contributed by atoms with E-state index in [1.165, 1.54) is 24.3 Å². The van der Waals surface area contributed by atoms with E-state index >= 15 is 0 Å². The SMILES string of the molecule is O=C(CCNS(=O)(=O)c1ccc(Br)cc1)Nc1ccc(Br)cc1F. The van der Waals surface area contributed by atoms with Gasteiger partial charge in [-0.2, -0.15) is 0 Å². The summed E-state index contributed by atoms with van der Waals surface area (Å²) in [6, 6.07) is 10.4. The van der Waals surface area contributed by atoms with Crippen molar-refractivity contribution in [3.8, 4) is 0 Å². The lowest BCUT2D eigenvalue weighted by Crippen LogP contribution is -2.28. The van der Waals surface area contributed by atoms with Gasteiger partial charge in [0.1, 0.15) is 5.82 Å². The molecular formula is C15H13Br2FN2O3S. The molecule has 0 radical (unpaired) electrons. The van der Waals surface area contributed by atoms with Gasteiger partial charge in [-0.05, 0) is 42.5 Å². The van der Waals surface area contributed by atoms with Crippen LogP contribution >= 0.6 is 31.9 Å². The second-order valence-corrected chi connectivity index (χ2v) is 8.37. The van der Waals surface area contributed by atoms with Crippen LogP contribution in [0.15, 0.2) is 56.3 Å². The van der Waals surface area contributed by atoms with Crippen LogP contribution in [0.1, 0.15) is 6.42 Å². The topological polar surface area (TPSA) is 75.3 Å². The highest BCUT2D eigenvalue weighted by molar-refractivity contribution is 9.10. The van der Waals surface area contributed by atoms with Crippen molar-refractivity contribution in [2.75, 3.05) is 11.9 Å². The van der Waals surface area contributed by atoms with E-state index in [0.29, 0.717) is 4.47 Å². The molecule has 5 nitrogen and oxygen atoms in total. The molecule has 2 N–H and O–H groups in total. The van der Waals surface area contributed by atoms with Crippen molar-refractivity contribution in [1.82, 2.24) is 4.72 Å². The fourth-order valence-corrected chi connectivity index (χ4v) is 3.43. The number of amides is 1. The Bertz CT molecular complexity index is 842. The summed E-state index contributed by atoms with van der Waals surface area (Å²) < 4.78 is 41.4. The van der Waals surface area contributed by atoms with E-state index in [4.69, 9.17) is 0 Å². The predicted octanol–water partition coefficient (Wildman–Crippen LogP) is 3.66. The van der Waals surface area contributed by atoms with Gasteiger partial charge in [-0.15, -0.1) is 0 Å². The Hall–Kier alpha value is -1.29. The highest BCUT2D eigenvalue weighted by atomic mass is 79.9. The number of halogens is 3. The summed E-state index contributed by atoms with van der Waals surface area (Å²) in [6.45, 7) is -0.0949. The summed E-state index contributed by atoms with van der Waals surface area (Å²) >= 11 is 6.34. The molecule has 0 atom stereocenters. The molecule has 2 aromatic rings. The van der Waals surface area contributed by atoms with Gasteiger partial charge >= 0.3 is 0 Å². The number of hydrogen-bond acceptors (Lipinski definition) is 3. The number of carbonyl (C=O) groups is 1. The molecule has 0 saturated carbocycles. The monoisotopic (exact) mass is 478 g/mol. The van der Waals surface area contributed by atoms with Crippen LogP contribution in [-0.4, -0.2) is 20.9 Å². The quantitative estimate of drug-likeness (QED) is 0.663. The number of rotatable bonds is 6. The van der Waals surface area contributed by atoms with Crippen LogP contribution < -0.4 is 10.0 Å². The Morgan fingerprint density at radius 3 is 2.29 bits per heavy atom. The zero-order valence-electron chi connectivity index (χ0n) is 12.2. The maximum absolute atomic E-state index is 13.6. The number of sulfonamides is 1. The van der Waals surface area contributed by atoms with Crippen molar-refractivity contribution in [3.63, 3.8) is 0 Å². The van der Waals surface area contributed by atoms with Crippen molar-refractivity contribution in [2.45, 2.75) is 11.3 Å². The van der Waals surface area contributed by atoms with Gasteiger partial charge in [0.05, 0.1) is 10.6 Å². The van der Waals surface area contributed by atoms with Crippen LogP contribution in [-0.2, 0) is 14.8 Å². The minimum atomic E-state index is -3.69. The second kappa shape index (κ2) is 8.19. The van der Waals surface area contributed by atoms with Crippen molar-refractivity contribution in [1.29, 1.82) is 0 Å². The Morgan fingerprint density at radius 1 is 1.04 bits per heavy atom. The van der Waals surface area contributed by atoms with Crippen LogP contribution in [0.4, 0.5) is 10.1 Å². The lowest BCUT2D eigenvalue weighted by molar-refractivity contribution is -0.116. The summed E-state index contributed by atoms with van der Waals surface area (Å²) in [5, 5.41) is 2.40. The summed E-state index contributed by atoms with van der Waals surface area (Å²) in [5.74, 6) is -1.07. The third kappa shape index (κ3) is 5.37. The molecule has 0 aromatic heterocycles. The molecule has 0 unspecified atom stereocenters. The van der Waals surface area contributed by atoms with Gasteiger partial charge in [0.25, 0.3) is 0 Å². The third-order valence-corrected chi connectivity index (χ3v) is 5.47. The van der Waals surface area contributed by atoms with Gasteiger partial charge in [-0.1, -0.05) is 31.9 Å². The molecule has 0 fully saturated rings. The molecule has 9 heteroatoms. The Balaban J connectivity index is 1.89.